The van der Waals surface area contributed by atoms with Crippen molar-refractivity contribution in [1.29, 1.82) is 0 Å². The van der Waals surface area contributed by atoms with Crippen LogP contribution < -0.4 is 5.73 Å². The van der Waals surface area contributed by atoms with E-state index in [1.807, 2.05) is 6.07 Å². The average molecular weight is 230 g/mol. The minimum atomic E-state index is -1.37. The molecule has 4 nitrogen and oxygen atoms in total. The molecule has 82 valence electrons. The van der Waals surface area contributed by atoms with Gasteiger partial charge in [-0.05, 0) is 6.07 Å². The minimum Gasteiger partial charge on any atom is -0.369 e. The smallest absolute Gasteiger partial charge is 0.206 e. The van der Waals surface area contributed by atoms with E-state index < -0.39 is 8.07 Å². The highest BCUT2D eigenvalue weighted by atomic mass is 28.3. The highest BCUT2D eigenvalue weighted by Crippen LogP contribution is 2.10. The van der Waals surface area contributed by atoms with Gasteiger partial charge in [0, 0.05) is 6.20 Å². The largest absolute Gasteiger partial charge is 0.369 e. The standard InChI is InChI=1S/C11H14N4Si/c1-16(2,3)7-5-9-10-4-6-13-11(12)15(10)8-14-9/h4,6,8H,1-3H3,(H2,12,13). The average Bonchev–Trinajstić information content (AvgIpc) is 2.58. The van der Waals surface area contributed by atoms with Crippen LogP contribution in [-0.2, 0) is 0 Å². The van der Waals surface area contributed by atoms with Crippen LogP contribution in [0.15, 0.2) is 18.6 Å². The predicted molar refractivity (Wildman–Crippen MR) is 67.6 cm³/mol. The first-order valence-corrected chi connectivity index (χ1v) is 8.58. The van der Waals surface area contributed by atoms with Gasteiger partial charge in [0.05, 0.1) is 5.52 Å². The maximum atomic E-state index is 5.72. The van der Waals surface area contributed by atoms with E-state index in [1.165, 1.54) is 0 Å². The lowest BCUT2D eigenvalue weighted by atomic mass is 10.4. The van der Waals surface area contributed by atoms with Crippen LogP contribution in [0.2, 0.25) is 19.6 Å². The summed E-state index contributed by atoms with van der Waals surface area (Å²) in [6, 6.07) is 1.87. The molecule has 0 atom stereocenters. The zero-order chi connectivity index (χ0) is 11.8. The maximum Gasteiger partial charge on any atom is 0.206 e. The molecule has 0 spiro atoms. The molecule has 5 heteroatoms. The van der Waals surface area contributed by atoms with Crippen molar-refractivity contribution >= 4 is 19.5 Å². The lowest BCUT2D eigenvalue weighted by Gasteiger charge is -2.02. The predicted octanol–water partition coefficient (Wildman–Crippen LogP) is 1.54. The summed E-state index contributed by atoms with van der Waals surface area (Å²) in [6.45, 7) is 6.61. The molecule has 0 aliphatic heterocycles. The van der Waals surface area contributed by atoms with E-state index in [0.717, 1.165) is 11.2 Å². The quantitative estimate of drug-likeness (QED) is 0.552. The first-order chi connectivity index (χ1) is 7.47. The van der Waals surface area contributed by atoms with E-state index in [4.69, 9.17) is 5.73 Å². The van der Waals surface area contributed by atoms with Gasteiger partial charge in [0.2, 0.25) is 5.95 Å². The molecule has 0 fully saturated rings. The summed E-state index contributed by atoms with van der Waals surface area (Å²) in [6.07, 6.45) is 3.33. The molecule has 0 amide bonds. The lowest BCUT2D eigenvalue weighted by Crippen LogP contribution is -2.16. The van der Waals surface area contributed by atoms with Gasteiger partial charge in [-0.3, -0.25) is 4.40 Å². The van der Waals surface area contributed by atoms with Crippen molar-refractivity contribution in [3.05, 3.63) is 24.3 Å². The van der Waals surface area contributed by atoms with Crippen molar-refractivity contribution in [3.8, 4) is 11.5 Å². The van der Waals surface area contributed by atoms with Crippen LogP contribution in [-0.4, -0.2) is 22.4 Å². The van der Waals surface area contributed by atoms with Gasteiger partial charge in [0.25, 0.3) is 0 Å². The fourth-order valence-electron chi connectivity index (χ4n) is 1.29. The van der Waals surface area contributed by atoms with Gasteiger partial charge in [-0.2, -0.15) is 0 Å². The van der Waals surface area contributed by atoms with Crippen LogP contribution >= 0.6 is 0 Å². The summed E-state index contributed by atoms with van der Waals surface area (Å²) in [5.74, 6) is 3.57. The van der Waals surface area contributed by atoms with Crippen molar-refractivity contribution in [2.24, 2.45) is 0 Å². The second kappa shape index (κ2) is 3.65. The van der Waals surface area contributed by atoms with E-state index in [-0.39, 0.29) is 0 Å². The molecule has 0 saturated heterocycles. The molecule has 2 aromatic rings. The Kier molecular flexibility index (Phi) is 2.44. The molecule has 0 radical (unpaired) electrons. The van der Waals surface area contributed by atoms with Gasteiger partial charge in [-0.15, -0.1) is 5.54 Å². The van der Waals surface area contributed by atoms with E-state index in [1.54, 1.807) is 16.9 Å². The molecule has 0 aliphatic rings. The topological polar surface area (TPSA) is 56.2 Å². The summed E-state index contributed by atoms with van der Waals surface area (Å²) >= 11 is 0. The van der Waals surface area contributed by atoms with Crippen molar-refractivity contribution < 1.29 is 0 Å². The number of nitrogen functional groups attached to an aromatic ring is 1. The zero-order valence-electron chi connectivity index (χ0n) is 9.65. The number of imidazole rings is 1. The van der Waals surface area contributed by atoms with Gasteiger partial charge >= 0.3 is 0 Å². The molecule has 0 saturated carbocycles. The van der Waals surface area contributed by atoms with Crippen molar-refractivity contribution in [2.75, 3.05) is 5.73 Å². The number of aromatic nitrogens is 3. The number of nitrogens with two attached hydrogens (primary N) is 1. The van der Waals surface area contributed by atoms with Crippen LogP contribution in [0.3, 0.4) is 0 Å². The van der Waals surface area contributed by atoms with Crippen LogP contribution in [0.4, 0.5) is 5.95 Å². The monoisotopic (exact) mass is 230 g/mol. The summed E-state index contributed by atoms with van der Waals surface area (Å²) in [4.78, 5) is 8.24. The van der Waals surface area contributed by atoms with Crippen LogP contribution in [0.25, 0.3) is 5.52 Å². The Morgan fingerprint density at radius 1 is 1.31 bits per heavy atom. The third kappa shape index (κ3) is 2.07. The second-order valence-corrected chi connectivity index (χ2v) is 9.40. The van der Waals surface area contributed by atoms with Gasteiger partial charge < -0.3 is 5.73 Å². The Bertz CT molecular complexity index is 583. The summed E-state index contributed by atoms with van der Waals surface area (Å²) in [7, 11) is -1.37. The molecule has 2 heterocycles. The van der Waals surface area contributed by atoms with E-state index in [0.29, 0.717) is 5.95 Å². The van der Waals surface area contributed by atoms with E-state index >= 15 is 0 Å². The number of anilines is 1. The van der Waals surface area contributed by atoms with Gasteiger partial charge in [0.15, 0.2) is 0 Å². The van der Waals surface area contributed by atoms with Gasteiger partial charge in [-0.25, -0.2) is 9.97 Å². The molecule has 0 bridgehead atoms. The number of hydrogen-bond acceptors (Lipinski definition) is 3. The molecular weight excluding hydrogens is 216 g/mol. The molecular formula is C11H14N4Si. The molecule has 16 heavy (non-hydrogen) atoms. The molecule has 0 unspecified atom stereocenters. The van der Waals surface area contributed by atoms with Crippen molar-refractivity contribution in [1.82, 2.24) is 14.4 Å². The minimum absolute atomic E-state index is 0.436. The van der Waals surface area contributed by atoms with Crippen molar-refractivity contribution in [3.63, 3.8) is 0 Å². The number of fused-ring (bicyclic) bond motifs is 1. The van der Waals surface area contributed by atoms with E-state index in [9.17, 15) is 0 Å². The molecule has 2 aromatic heterocycles. The lowest BCUT2D eigenvalue weighted by molar-refractivity contribution is 1.09. The number of nitrogens with zero attached hydrogens (tertiary/aromatic N) is 3. The normalized spacial score (nSPS) is 11.2. The third-order valence-corrected chi connectivity index (χ3v) is 2.92. The van der Waals surface area contributed by atoms with Crippen molar-refractivity contribution in [2.45, 2.75) is 19.6 Å². The third-order valence-electron chi connectivity index (χ3n) is 2.05. The molecule has 0 aromatic carbocycles. The zero-order valence-corrected chi connectivity index (χ0v) is 10.7. The van der Waals surface area contributed by atoms with Crippen LogP contribution in [0, 0.1) is 11.5 Å². The Morgan fingerprint density at radius 3 is 2.75 bits per heavy atom. The summed E-state index contributed by atoms with van der Waals surface area (Å²) in [5.41, 5.74) is 10.7. The highest BCUT2D eigenvalue weighted by Gasteiger charge is 2.09. The number of hydrogen-bond donors (Lipinski definition) is 1. The Balaban J connectivity index is 2.54. The molecule has 2 N–H and O–H groups in total. The first-order valence-electron chi connectivity index (χ1n) is 5.08. The first kappa shape index (κ1) is 10.7. The second-order valence-electron chi connectivity index (χ2n) is 4.65. The molecule has 2 rings (SSSR count). The summed E-state index contributed by atoms with van der Waals surface area (Å²) < 4.78 is 1.74. The Morgan fingerprint density at radius 2 is 2.06 bits per heavy atom. The van der Waals surface area contributed by atoms with Crippen LogP contribution in [0.5, 0.6) is 0 Å². The SMILES string of the molecule is C[Si](C)(C)C#Cc1ncn2c(N)nccc12. The van der Waals surface area contributed by atoms with Gasteiger partial charge in [-0.1, -0.05) is 25.6 Å². The number of rotatable bonds is 0. The highest BCUT2D eigenvalue weighted by molar-refractivity contribution is 6.83. The fourth-order valence-corrected chi connectivity index (χ4v) is 1.78. The Labute approximate surface area is 95.5 Å². The van der Waals surface area contributed by atoms with Gasteiger partial charge in [0.1, 0.15) is 20.1 Å². The van der Waals surface area contributed by atoms with Crippen LogP contribution in [0.1, 0.15) is 5.69 Å². The Hall–Kier alpha value is -1.80. The fraction of sp³-hybridized carbons (Fsp3) is 0.273. The molecule has 0 aliphatic carbocycles. The maximum absolute atomic E-state index is 5.72. The summed E-state index contributed by atoms with van der Waals surface area (Å²) in [5, 5.41) is 0. The van der Waals surface area contributed by atoms with E-state index in [2.05, 4.69) is 41.1 Å².